The predicted molar refractivity (Wildman–Crippen MR) is 115 cm³/mol. The average molecular weight is 423 g/mol. The molecule has 0 aliphatic rings. The third-order valence-corrected chi connectivity index (χ3v) is 5.97. The summed E-state index contributed by atoms with van der Waals surface area (Å²) in [6.07, 6.45) is 7.55. The predicted octanol–water partition coefficient (Wildman–Crippen LogP) is 4.97. The molecule has 0 radical (unpaired) electrons. The van der Waals surface area contributed by atoms with Crippen LogP contribution in [0.25, 0.3) is 10.7 Å². The second-order valence-corrected chi connectivity index (χ2v) is 8.46. The Kier molecular flexibility index (Phi) is 8.34. The average Bonchev–Trinajstić information content (AvgIpc) is 3.24. The van der Waals surface area contributed by atoms with Crippen molar-refractivity contribution in [3.8, 4) is 10.7 Å². The molecule has 2 rings (SSSR count). The van der Waals surface area contributed by atoms with Crippen LogP contribution in [0.15, 0.2) is 53.7 Å². The van der Waals surface area contributed by atoms with Crippen LogP contribution in [-0.2, 0) is 11.3 Å². The van der Waals surface area contributed by atoms with Crippen molar-refractivity contribution in [2.24, 2.45) is 0 Å². The van der Waals surface area contributed by atoms with Crippen molar-refractivity contribution in [3.63, 3.8) is 0 Å². The molecule has 0 aliphatic heterocycles. The van der Waals surface area contributed by atoms with E-state index in [4.69, 9.17) is 11.6 Å². The molecular weight excluding hydrogens is 400 g/mol. The van der Waals surface area contributed by atoms with Crippen molar-refractivity contribution < 1.29 is 4.79 Å². The first-order chi connectivity index (χ1) is 12.9. The Bertz CT molecular complexity index is 854. The molecule has 2 aromatic rings. The van der Waals surface area contributed by atoms with Gasteiger partial charge in [-0.15, -0.1) is 28.1 Å². The third kappa shape index (κ3) is 6.37. The molecule has 0 saturated carbocycles. The maximum absolute atomic E-state index is 11.1. The summed E-state index contributed by atoms with van der Waals surface area (Å²) in [6, 6.07) is 3.68. The van der Waals surface area contributed by atoms with Crippen molar-refractivity contribution in [1.29, 1.82) is 0 Å². The third-order valence-electron chi connectivity index (χ3n) is 3.58. The van der Waals surface area contributed by atoms with Crippen LogP contribution in [0.3, 0.4) is 0 Å². The number of thiophene rings is 1. The smallest absolute Gasteiger partial charge is 0.217 e. The highest BCUT2D eigenvalue weighted by Crippen LogP contribution is 2.32. The monoisotopic (exact) mass is 422 g/mol. The molecule has 0 bridgehead atoms. The Labute approximate surface area is 173 Å². The summed E-state index contributed by atoms with van der Waals surface area (Å²) >= 11 is 9.19. The first-order valence-corrected chi connectivity index (χ1v) is 10.7. The highest BCUT2D eigenvalue weighted by molar-refractivity contribution is 7.99. The zero-order chi connectivity index (χ0) is 19.8. The molecule has 0 aliphatic carbocycles. The molecule has 0 saturated heterocycles. The van der Waals surface area contributed by atoms with Crippen LogP contribution in [0, 0.1) is 0 Å². The molecule has 144 valence electrons. The number of allylic oxidation sites excluding steroid dienone is 2. The van der Waals surface area contributed by atoms with Crippen LogP contribution in [0.4, 0.5) is 0 Å². The van der Waals surface area contributed by atoms with E-state index in [0.29, 0.717) is 0 Å². The summed E-state index contributed by atoms with van der Waals surface area (Å²) in [4.78, 5) is 12.1. The zero-order valence-electron chi connectivity index (χ0n) is 15.6. The summed E-state index contributed by atoms with van der Waals surface area (Å²) in [7, 11) is 0. The Balaban J connectivity index is 2.00. The van der Waals surface area contributed by atoms with E-state index in [-0.39, 0.29) is 11.9 Å². The van der Waals surface area contributed by atoms with Crippen LogP contribution in [0.1, 0.15) is 20.8 Å². The number of halogens is 1. The fourth-order valence-corrected chi connectivity index (χ4v) is 4.24. The Morgan fingerprint density at radius 3 is 2.81 bits per heavy atom. The van der Waals surface area contributed by atoms with Gasteiger partial charge in [-0.2, -0.15) is 0 Å². The highest BCUT2D eigenvalue weighted by atomic mass is 35.5. The molecule has 8 heteroatoms. The van der Waals surface area contributed by atoms with Crippen LogP contribution < -0.4 is 5.32 Å². The van der Waals surface area contributed by atoms with Crippen LogP contribution in [0.5, 0.6) is 0 Å². The molecule has 27 heavy (non-hydrogen) atoms. The standard InChI is InChI=1S/C19H23ClN4OS2/c1-5-15(21-14(4)25)9-7-8-13(3)12-26-19-23-22-18(24(19)6-2)16-10-11-17(20)27-16/h5,7-11,15H,1,6,12H2,2-4H3,(H,21,25)/b9-7?,13-8+. The van der Waals surface area contributed by atoms with Gasteiger partial charge >= 0.3 is 0 Å². The van der Waals surface area contributed by atoms with Gasteiger partial charge in [-0.05, 0) is 26.0 Å². The maximum atomic E-state index is 11.1. The summed E-state index contributed by atoms with van der Waals surface area (Å²) in [6.45, 7) is 10.1. The Morgan fingerprint density at radius 1 is 1.44 bits per heavy atom. The number of nitrogens with one attached hydrogen (secondary N) is 1. The van der Waals surface area contributed by atoms with Gasteiger partial charge in [-0.3, -0.25) is 4.79 Å². The van der Waals surface area contributed by atoms with Gasteiger partial charge in [0.05, 0.1) is 15.3 Å². The number of carbonyl (C=O) groups is 1. The number of carbonyl (C=O) groups excluding carboxylic acids is 1. The van der Waals surface area contributed by atoms with E-state index in [0.717, 1.165) is 32.5 Å². The van der Waals surface area contributed by atoms with Gasteiger partial charge in [0.2, 0.25) is 5.91 Å². The minimum atomic E-state index is -0.164. The molecule has 2 heterocycles. The van der Waals surface area contributed by atoms with E-state index in [1.165, 1.54) is 23.8 Å². The highest BCUT2D eigenvalue weighted by Gasteiger charge is 2.14. The summed E-state index contributed by atoms with van der Waals surface area (Å²) < 4.78 is 2.84. The first-order valence-electron chi connectivity index (χ1n) is 8.50. The number of nitrogens with zero attached hydrogens (tertiary/aromatic N) is 3. The van der Waals surface area contributed by atoms with E-state index in [2.05, 4.69) is 40.5 Å². The normalized spacial score (nSPS) is 13.1. The minimum absolute atomic E-state index is 0.0810. The lowest BCUT2D eigenvalue weighted by molar-refractivity contribution is -0.119. The lowest BCUT2D eigenvalue weighted by Gasteiger charge is -2.07. The van der Waals surface area contributed by atoms with Gasteiger partial charge in [0.15, 0.2) is 11.0 Å². The SMILES string of the molecule is C=CC(C=C/C=C(\C)CSc1nnc(-c2ccc(Cl)s2)n1CC)NC(C)=O. The summed E-state index contributed by atoms with van der Waals surface area (Å²) in [5, 5.41) is 12.3. The lowest BCUT2D eigenvalue weighted by Crippen LogP contribution is -2.29. The molecule has 0 spiro atoms. The van der Waals surface area contributed by atoms with Crippen LogP contribution in [0.2, 0.25) is 4.34 Å². The van der Waals surface area contributed by atoms with Crippen molar-refractivity contribution >= 4 is 40.6 Å². The van der Waals surface area contributed by atoms with Gasteiger partial charge in [-0.25, -0.2) is 0 Å². The van der Waals surface area contributed by atoms with Crippen molar-refractivity contribution in [2.45, 2.75) is 38.5 Å². The molecule has 1 amide bonds. The van der Waals surface area contributed by atoms with Crippen molar-refractivity contribution in [3.05, 3.63) is 52.9 Å². The summed E-state index contributed by atoms with van der Waals surface area (Å²) in [5.74, 6) is 1.57. The molecule has 1 N–H and O–H groups in total. The van der Waals surface area contributed by atoms with Crippen LogP contribution >= 0.6 is 34.7 Å². The molecule has 0 fully saturated rings. The largest absolute Gasteiger partial charge is 0.347 e. The summed E-state index contributed by atoms with van der Waals surface area (Å²) in [5.41, 5.74) is 1.19. The molecule has 2 aromatic heterocycles. The number of aromatic nitrogens is 3. The quantitative estimate of drug-likeness (QED) is 0.352. The number of rotatable bonds is 9. The van der Waals surface area contributed by atoms with E-state index >= 15 is 0 Å². The second-order valence-electron chi connectivity index (χ2n) is 5.80. The number of hydrogen-bond acceptors (Lipinski definition) is 5. The molecule has 0 aromatic carbocycles. The lowest BCUT2D eigenvalue weighted by atomic mass is 10.2. The second kappa shape index (κ2) is 10.5. The Hall–Kier alpha value is -1.83. The number of amides is 1. The minimum Gasteiger partial charge on any atom is -0.347 e. The van der Waals surface area contributed by atoms with Crippen molar-refractivity contribution in [1.82, 2.24) is 20.1 Å². The fourth-order valence-electron chi connectivity index (χ4n) is 2.28. The Morgan fingerprint density at radius 2 is 2.22 bits per heavy atom. The van der Waals surface area contributed by atoms with E-state index in [1.54, 1.807) is 17.8 Å². The van der Waals surface area contributed by atoms with Gasteiger partial charge in [0.25, 0.3) is 0 Å². The molecular formula is C19H23ClN4OS2. The van der Waals surface area contributed by atoms with Crippen molar-refractivity contribution in [2.75, 3.05) is 5.75 Å². The van der Waals surface area contributed by atoms with Gasteiger partial charge in [0.1, 0.15) is 0 Å². The molecule has 1 atom stereocenters. The van der Waals surface area contributed by atoms with E-state index < -0.39 is 0 Å². The van der Waals surface area contributed by atoms with Gasteiger partial charge < -0.3 is 9.88 Å². The molecule has 1 unspecified atom stereocenters. The van der Waals surface area contributed by atoms with E-state index in [9.17, 15) is 4.79 Å². The molecule has 5 nitrogen and oxygen atoms in total. The van der Waals surface area contributed by atoms with E-state index in [1.807, 2.05) is 30.4 Å². The number of hydrogen-bond donors (Lipinski definition) is 1. The fraction of sp³-hybridized carbons (Fsp3) is 0.316. The van der Waals surface area contributed by atoms with Gasteiger partial charge in [0, 0.05) is 19.2 Å². The first kappa shape index (κ1) is 21.5. The van der Waals surface area contributed by atoms with Gasteiger partial charge in [-0.1, -0.05) is 53.2 Å². The van der Waals surface area contributed by atoms with Crippen LogP contribution in [-0.4, -0.2) is 32.5 Å². The zero-order valence-corrected chi connectivity index (χ0v) is 18.0. The number of thioether (sulfide) groups is 1. The topological polar surface area (TPSA) is 59.8 Å². The maximum Gasteiger partial charge on any atom is 0.217 e.